The topological polar surface area (TPSA) is 59.1 Å². The summed E-state index contributed by atoms with van der Waals surface area (Å²) in [5.74, 6) is 1.54. The van der Waals surface area contributed by atoms with E-state index in [1.807, 2.05) is 26.0 Å². The first-order valence-electron chi connectivity index (χ1n) is 7.02. The summed E-state index contributed by atoms with van der Waals surface area (Å²) in [7, 11) is 0. The minimum atomic E-state index is -0.216. The molecular formula is C15H18N2O4. The van der Waals surface area contributed by atoms with Crippen molar-refractivity contribution >= 4 is 11.9 Å². The minimum absolute atomic E-state index is 0.154. The van der Waals surface area contributed by atoms with Crippen molar-refractivity contribution in [2.75, 3.05) is 19.9 Å². The van der Waals surface area contributed by atoms with Crippen LogP contribution in [-0.2, 0) is 11.3 Å². The van der Waals surface area contributed by atoms with Crippen LogP contribution in [0.4, 0.5) is 4.79 Å². The van der Waals surface area contributed by atoms with E-state index in [1.54, 1.807) is 11.0 Å². The predicted molar refractivity (Wildman–Crippen MR) is 74.9 cm³/mol. The van der Waals surface area contributed by atoms with E-state index in [-0.39, 0.29) is 31.8 Å². The lowest BCUT2D eigenvalue weighted by Gasteiger charge is -2.18. The minimum Gasteiger partial charge on any atom is -0.454 e. The van der Waals surface area contributed by atoms with Gasteiger partial charge in [0.25, 0.3) is 5.91 Å². The fraction of sp³-hybridized carbons (Fsp3) is 0.467. The van der Waals surface area contributed by atoms with Gasteiger partial charge in [-0.1, -0.05) is 19.9 Å². The van der Waals surface area contributed by atoms with Crippen LogP contribution in [0.1, 0.15) is 19.4 Å². The number of ether oxygens (including phenoxy) is 2. The van der Waals surface area contributed by atoms with Crippen molar-refractivity contribution < 1.29 is 19.1 Å². The molecule has 1 aromatic carbocycles. The molecule has 0 unspecified atom stereocenters. The summed E-state index contributed by atoms with van der Waals surface area (Å²) < 4.78 is 10.6. The molecule has 0 spiro atoms. The Morgan fingerprint density at radius 3 is 2.71 bits per heavy atom. The second kappa shape index (κ2) is 5.27. The molecule has 6 nitrogen and oxygen atoms in total. The van der Waals surface area contributed by atoms with Gasteiger partial charge >= 0.3 is 6.03 Å². The van der Waals surface area contributed by atoms with Crippen LogP contribution in [0, 0.1) is 5.92 Å². The van der Waals surface area contributed by atoms with E-state index in [0.717, 1.165) is 5.56 Å². The average Bonchev–Trinajstić information content (AvgIpc) is 2.98. The highest BCUT2D eigenvalue weighted by Crippen LogP contribution is 2.33. The number of hydrogen-bond acceptors (Lipinski definition) is 4. The second-order valence-electron chi connectivity index (χ2n) is 5.72. The van der Waals surface area contributed by atoms with Crippen LogP contribution in [0.15, 0.2) is 18.2 Å². The van der Waals surface area contributed by atoms with Gasteiger partial charge in [0.1, 0.15) is 6.54 Å². The van der Waals surface area contributed by atoms with Gasteiger partial charge in [0.05, 0.1) is 6.54 Å². The third kappa shape index (κ3) is 2.66. The molecule has 1 saturated heterocycles. The van der Waals surface area contributed by atoms with Crippen LogP contribution in [0.3, 0.4) is 0 Å². The Hall–Kier alpha value is -2.24. The zero-order valence-electron chi connectivity index (χ0n) is 12.2. The van der Waals surface area contributed by atoms with Gasteiger partial charge in [-0.05, 0) is 23.6 Å². The van der Waals surface area contributed by atoms with Crippen molar-refractivity contribution in [3.05, 3.63) is 23.8 Å². The quantitative estimate of drug-likeness (QED) is 0.794. The Morgan fingerprint density at radius 2 is 1.95 bits per heavy atom. The van der Waals surface area contributed by atoms with E-state index in [0.29, 0.717) is 24.0 Å². The molecule has 0 N–H and O–H groups in total. The number of fused-ring (bicyclic) bond motifs is 1. The summed E-state index contributed by atoms with van der Waals surface area (Å²) in [6.07, 6.45) is 0. The van der Waals surface area contributed by atoms with E-state index in [4.69, 9.17) is 9.47 Å². The Balaban J connectivity index is 1.72. The van der Waals surface area contributed by atoms with Crippen molar-refractivity contribution in [2.24, 2.45) is 5.92 Å². The Bertz CT molecular complexity index is 585. The number of amides is 3. The maximum atomic E-state index is 12.3. The van der Waals surface area contributed by atoms with Crippen molar-refractivity contribution in [1.29, 1.82) is 0 Å². The van der Waals surface area contributed by atoms with Crippen LogP contribution in [-0.4, -0.2) is 41.6 Å². The molecule has 0 atom stereocenters. The molecule has 21 heavy (non-hydrogen) atoms. The molecule has 0 aliphatic carbocycles. The van der Waals surface area contributed by atoms with Gasteiger partial charge in [0.15, 0.2) is 11.5 Å². The first-order chi connectivity index (χ1) is 10.0. The number of hydrogen-bond donors (Lipinski definition) is 0. The Labute approximate surface area is 123 Å². The molecule has 0 radical (unpaired) electrons. The van der Waals surface area contributed by atoms with Gasteiger partial charge in [-0.25, -0.2) is 4.79 Å². The summed E-state index contributed by atoms with van der Waals surface area (Å²) in [6.45, 7) is 5.30. The third-order valence-electron chi connectivity index (χ3n) is 3.49. The maximum absolute atomic E-state index is 12.3. The third-order valence-corrected chi connectivity index (χ3v) is 3.49. The summed E-state index contributed by atoms with van der Waals surface area (Å²) in [5.41, 5.74) is 0.854. The highest BCUT2D eigenvalue weighted by Gasteiger charge is 2.36. The number of carbonyl (C=O) groups is 2. The summed E-state index contributed by atoms with van der Waals surface area (Å²) >= 11 is 0. The van der Waals surface area contributed by atoms with Gasteiger partial charge in [-0.3, -0.25) is 9.69 Å². The van der Waals surface area contributed by atoms with E-state index >= 15 is 0 Å². The second-order valence-corrected chi connectivity index (χ2v) is 5.72. The van der Waals surface area contributed by atoms with Gasteiger partial charge in [-0.15, -0.1) is 0 Å². The molecule has 0 bridgehead atoms. The van der Waals surface area contributed by atoms with Crippen LogP contribution in [0.25, 0.3) is 0 Å². The fourth-order valence-electron chi connectivity index (χ4n) is 2.55. The van der Waals surface area contributed by atoms with Crippen LogP contribution in [0.5, 0.6) is 11.5 Å². The highest BCUT2D eigenvalue weighted by molar-refractivity contribution is 6.01. The molecule has 0 saturated carbocycles. The molecule has 2 aliphatic heterocycles. The van der Waals surface area contributed by atoms with Crippen LogP contribution >= 0.6 is 0 Å². The normalized spacial score (nSPS) is 17.3. The number of urea groups is 1. The SMILES string of the molecule is CC(C)CN1CC(=O)N(Cc2ccc3c(c2)OCO3)C1=O. The van der Waals surface area contributed by atoms with Crippen molar-refractivity contribution in [2.45, 2.75) is 20.4 Å². The molecule has 1 fully saturated rings. The van der Waals surface area contributed by atoms with Gasteiger partial charge in [-0.2, -0.15) is 0 Å². The molecule has 0 aromatic heterocycles. The van der Waals surface area contributed by atoms with Crippen LogP contribution in [0.2, 0.25) is 0 Å². The maximum Gasteiger partial charge on any atom is 0.327 e. The van der Waals surface area contributed by atoms with Crippen molar-refractivity contribution in [3.63, 3.8) is 0 Å². The summed E-state index contributed by atoms with van der Waals surface area (Å²) in [6, 6.07) is 5.24. The van der Waals surface area contributed by atoms with Crippen LogP contribution < -0.4 is 9.47 Å². The predicted octanol–water partition coefficient (Wildman–Crippen LogP) is 1.84. The molecule has 2 heterocycles. The molecular weight excluding hydrogens is 272 g/mol. The standard InChI is InChI=1S/C15H18N2O4/c1-10(2)6-16-8-14(18)17(15(16)19)7-11-3-4-12-13(5-11)21-9-20-12/h3-5,10H,6-9H2,1-2H3. The van der Waals surface area contributed by atoms with E-state index in [1.165, 1.54) is 4.90 Å². The zero-order valence-corrected chi connectivity index (χ0v) is 12.2. The summed E-state index contributed by atoms with van der Waals surface area (Å²) in [4.78, 5) is 27.2. The lowest BCUT2D eigenvalue weighted by atomic mass is 10.2. The summed E-state index contributed by atoms with van der Waals surface area (Å²) in [5, 5.41) is 0. The smallest absolute Gasteiger partial charge is 0.327 e. The Morgan fingerprint density at radius 1 is 1.19 bits per heavy atom. The lowest BCUT2D eigenvalue weighted by Crippen LogP contribution is -2.34. The zero-order chi connectivity index (χ0) is 15.0. The number of nitrogens with zero attached hydrogens (tertiary/aromatic N) is 2. The number of benzene rings is 1. The van der Waals surface area contributed by atoms with Crippen molar-refractivity contribution in [3.8, 4) is 11.5 Å². The first-order valence-corrected chi connectivity index (χ1v) is 7.02. The molecule has 2 aliphatic rings. The van der Waals surface area contributed by atoms with E-state index < -0.39 is 0 Å². The largest absolute Gasteiger partial charge is 0.454 e. The lowest BCUT2D eigenvalue weighted by molar-refractivity contribution is -0.125. The van der Waals surface area contributed by atoms with E-state index in [9.17, 15) is 9.59 Å². The van der Waals surface area contributed by atoms with Gasteiger partial charge in [0, 0.05) is 6.54 Å². The average molecular weight is 290 g/mol. The monoisotopic (exact) mass is 290 g/mol. The molecule has 112 valence electrons. The molecule has 1 aromatic rings. The van der Waals surface area contributed by atoms with E-state index in [2.05, 4.69) is 0 Å². The van der Waals surface area contributed by atoms with Crippen molar-refractivity contribution in [1.82, 2.24) is 9.80 Å². The number of rotatable bonds is 4. The highest BCUT2D eigenvalue weighted by atomic mass is 16.7. The molecule has 3 rings (SSSR count). The number of imide groups is 1. The first kappa shape index (κ1) is 13.7. The van der Waals surface area contributed by atoms with Gasteiger partial charge in [0.2, 0.25) is 6.79 Å². The fourth-order valence-corrected chi connectivity index (χ4v) is 2.55. The van der Waals surface area contributed by atoms with Gasteiger partial charge < -0.3 is 14.4 Å². The number of carbonyl (C=O) groups excluding carboxylic acids is 2. The Kier molecular flexibility index (Phi) is 3.45. The molecule has 6 heteroatoms. The molecule has 3 amide bonds.